The molecule has 0 aliphatic carbocycles. The van der Waals surface area contributed by atoms with Gasteiger partial charge < -0.3 is 20.1 Å². The molecule has 0 aromatic heterocycles. The van der Waals surface area contributed by atoms with Gasteiger partial charge in [0.05, 0.1) is 13.2 Å². The Kier molecular flexibility index (Phi) is 4.41. The van der Waals surface area contributed by atoms with Gasteiger partial charge in [-0.3, -0.25) is 0 Å². The average molecular weight is 250 g/mol. The van der Waals surface area contributed by atoms with Gasteiger partial charge in [0.1, 0.15) is 5.75 Å². The maximum absolute atomic E-state index is 11.7. The highest BCUT2D eigenvalue weighted by molar-refractivity contribution is 5.89. The largest absolute Gasteiger partial charge is 0.497 e. The minimum absolute atomic E-state index is 0.154. The van der Waals surface area contributed by atoms with E-state index in [0.29, 0.717) is 18.0 Å². The number of nitrogens with one attached hydrogen (secondary N) is 2. The smallest absolute Gasteiger partial charge is 0.319 e. The summed E-state index contributed by atoms with van der Waals surface area (Å²) in [6, 6.07) is 7.02. The SMILES string of the molecule is COc1cccc(NC(=O)NCC2CCCO2)c1. The monoisotopic (exact) mass is 250 g/mol. The molecule has 1 aromatic carbocycles. The molecule has 2 amide bonds. The normalized spacial score (nSPS) is 18.4. The van der Waals surface area contributed by atoms with Crippen LogP contribution in [0.3, 0.4) is 0 Å². The van der Waals surface area contributed by atoms with Crippen molar-refractivity contribution >= 4 is 11.7 Å². The van der Waals surface area contributed by atoms with Gasteiger partial charge in [-0.1, -0.05) is 6.07 Å². The number of amides is 2. The van der Waals surface area contributed by atoms with Crippen molar-refractivity contribution in [3.05, 3.63) is 24.3 Å². The summed E-state index contributed by atoms with van der Waals surface area (Å²) in [6.45, 7) is 1.35. The number of urea groups is 1. The van der Waals surface area contributed by atoms with Crippen LogP contribution in [0.5, 0.6) is 5.75 Å². The molecule has 0 radical (unpaired) electrons. The van der Waals surface area contributed by atoms with Gasteiger partial charge in [0, 0.05) is 24.9 Å². The van der Waals surface area contributed by atoms with Crippen molar-refractivity contribution < 1.29 is 14.3 Å². The summed E-state index contributed by atoms with van der Waals surface area (Å²) in [5.41, 5.74) is 0.708. The second-order valence-electron chi connectivity index (χ2n) is 4.20. The molecule has 5 heteroatoms. The number of hydrogen-bond donors (Lipinski definition) is 2. The average Bonchev–Trinajstić information content (AvgIpc) is 2.90. The summed E-state index contributed by atoms with van der Waals surface area (Å²) in [7, 11) is 1.59. The highest BCUT2D eigenvalue weighted by Gasteiger charge is 2.15. The molecule has 2 N–H and O–H groups in total. The summed E-state index contributed by atoms with van der Waals surface area (Å²) in [5, 5.41) is 5.55. The van der Waals surface area contributed by atoms with Crippen molar-refractivity contribution in [3.63, 3.8) is 0 Å². The molecule has 1 aliphatic rings. The molecule has 18 heavy (non-hydrogen) atoms. The van der Waals surface area contributed by atoms with Crippen molar-refractivity contribution in [3.8, 4) is 5.75 Å². The van der Waals surface area contributed by atoms with Crippen LogP contribution in [0, 0.1) is 0 Å². The van der Waals surface area contributed by atoms with Gasteiger partial charge in [-0.2, -0.15) is 0 Å². The number of rotatable bonds is 4. The minimum Gasteiger partial charge on any atom is -0.497 e. The van der Waals surface area contributed by atoms with Crippen molar-refractivity contribution in [2.75, 3.05) is 25.6 Å². The van der Waals surface area contributed by atoms with E-state index < -0.39 is 0 Å². The Labute approximate surface area is 106 Å². The van der Waals surface area contributed by atoms with Crippen LogP contribution in [0.25, 0.3) is 0 Å². The molecule has 1 aliphatic heterocycles. The lowest BCUT2D eigenvalue weighted by atomic mass is 10.2. The fraction of sp³-hybridized carbons (Fsp3) is 0.462. The number of carbonyl (C=O) groups is 1. The van der Waals surface area contributed by atoms with Crippen LogP contribution in [-0.4, -0.2) is 32.4 Å². The van der Waals surface area contributed by atoms with E-state index in [4.69, 9.17) is 9.47 Å². The quantitative estimate of drug-likeness (QED) is 0.859. The first-order valence-electron chi connectivity index (χ1n) is 6.08. The van der Waals surface area contributed by atoms with E-state index >= 15 is 0 Å². The minimum atomic E-state index is -0.223. The van der Waals surface area contributed by atoms with Gasteiger partial charge in [0.2, 0.25) is 0 Å². The molecule has 5 nitrogen and oxygen atoms in total. The molecular weight excluding hydrogens is 232 g/mol. The predicted molar refractivity (Wildman–Crippen MR) is 69.0 cm³/mol. The number of methoxy groups -OCH3 is 1. The van der Waals surface area contributed by atoms with Gasteiger partial charge >= 0.3 is 6.03 Å². The highest BCUT2D eigenvalue weighted by Crippen LogP contribution is 2.16. The Bertz CT molecular complexity index is 403. The van der Waals surface area contributed by atoms with Crippen LogP contribution in [-0.2, 0) is 4.74 Å². The Balaban J connectivity index is 1.78. The summed E-state index contributed by atoms with van der Waals surface area (Å²) in [6.07, 6.45) is 2.24. The zero-order valence-electron chi connectivity index (χ0n) is 10.4. The third-order valence-electron chi connectivity index (χ3n) is 2.84. The summed E-state index contributed by atoms with van der Waals surface area (Å²) < 4.78 is 10.5. The van der Waals surface area contributed by atoms with E-state index in [0.717, 1.165) is 19.4 Å². The number of ether oxygens (including phenoxy) is 2. The maximum Gasteiger partial charge on any atom is 0.319 e. The van der Waals surface area contributed by atoms with Crippen molar-refractivity contribution in [2.45, 2.75) is 18.9 Å². The molecule has 1 unspecified atom stereocenters. The molecule has 1 saturated heterocycles. The first kappa shape index (κ1) is 12.7. The molecule has 0 bridgehead atoms. The second-order valence-corrected chi connectivity index (χ2v) is 4.20. The molecule has 98 valence electrons. The van der Waals surface area contributed by atoms with Crippen LogP contribution in [0.4, 0.5) is 10.5 Å². The third-order valence-corrected chi connectivity index (χ3v) is 2.84. The van der Waals surface area contributed by atoms with Crippen molar-refractivity contribution in [1.29, 1.82) is 0 Å². The third kappa shape index (κ3) is 3.63. The number of benzene rings is 1. The molecule has 1 fully saturated rings. The molecular formula is C13H18N2O3. The lowest BCUT2D eigenvalue weighted by Crippen LogP contribution is -2.35. The van der Waals surface area contributed by atoms with Crippen LogP contribution in [0.15, 0.2) is 24.3 Å². The van der Waals surface area contributed by atoms with Crippen LogP contribution in [0.1, 0.15) is 12.8 Å². The Morgan fingerprint density at radius 2 is 2.44 bits per heavy atom. The first-order valence-corrected chi connectivity index (χ1v) is 6.08. The van der Waals surface area contributed by atoms with Crippen molar-refractivity contribution in [1.82, 2.24) is 5.32 Å². The Morgan fingerprint density at radius 3 is 3.17 bits per heavy atom. The van der Waals surface area contributed by atoms with E-state index in [1.165, 1.54) is 0 Å². The number of carbonyl (C=O) groups excluding carboxylic acids is 1. The fourth-order valence-electron chi connectivity index (χ4n) is 1.89. The van der Waals surface area contributed by atoms with Crippen LogP contribution < -0.4 is 15.4 Å². The van der Waals surface area contributed by atoms with Gasteiger partial charge in [-0.05, 0) is 25.0 Å². The highest BCUT2D eigenvalue weighted by atomic mass is 16.5. The Hall–Kier alpha value is -1.75. The molecule has 1 atom stereocenters. The van der Waals surface area contributed by atoms with Crippen molar-refractivity contribution in [2.24, 2.45) is 0 Å². The van der Waals surface area contributed by atoms with E-state index in [2.05, 4.69) is 10.6 Å². The number of anilines is 1. The van der Waals surface area contributed by atoms with E-state index in [9.17, 15) is 4.79 Å². The molecule has 0 saturated carbocycles. The van der Waals surface area contributed by atoms with Gasteiger partial charge in [0.15, 0.2) is 0 Å². The summed E-state index contributed by atoms with van der Waals surface area (Å²) >= 11 is 0. The fourth-order valence-corrected chi connectivity index (χ4v) is 1.89. The zero-order chi connectivity index (χ0) is 12.8. The van der Waals surface area contributed by atoms with Gasteiger partial charge in [-0.15, -0.1) is 0 Å². The second kappa shape index (κ2) is 6.26. The van der Waals surface area contributed by atoms with E-state index in [1.807, 2.05) is 18.2 Å². The van der Waals surface area contributed by atoms with E-state index in [-0.39, 0.29) is 12.1 Å². The van der Waals surface area contributed by atoms with Gasteiger partial charge in [0.25, 0.3) is 0 Å². The maximum atomic E-state index is 11.7. The van der Waals surface area contributed by atoms with Gasteiger partial charge in [-0.25, -0.2) is 4.79 Å². The first-order chi connectivity index (χ1) is 8.78. The lowest BCUT2D eigenvalue weighted by molar-refractivity contribution is 0.112. The molecule has 0 spiro atoms. The molecule has 1 heterocycles. The van der Waals surface area contributed by atoms with Crippen LogP contribution >= 0.6 is 0 Å². The number of hydrogen-bond acceptors (Lipinski definition) is 3. The van der Waals surface area contributed by atoms with E-state index in [1.54, 1.807) is 13.2 Å². The zero-order valence-corrected chi connectivity index (χ0v) is 10.4. The standard InChI is InChI=1S/C13H18N2O3/c1-17-11-5-2-4-10(8-11)15-13(16)14-9-12-6-3-7-18-12/h2,4-5,8,12H,3,6-7,9H2,1H3,(H2,14,15,16). The molecule has 1 aromatic rings. The van der Waals surface area contributed by atoms with Crippen LogP contribution in [0.2, 0.25) is 0 Å². The topological polar surface area (TPSA) is 59.6 Å². The predicted octanol–water partition coefficient (Wildman–Crippen LogP) is 2.00. The Morgan fingerprint density at radius 1 is 1.56 bits per heavy atom. The summed E-state index contributed by atoms with van der Waals surface area (Å²) in [4.78, 5) is 11.7. The summed E-state index contributed by atoms with van der Waals surface area (Å²) in [5.74, 6) is 0.715. The molecule has 2 rings (SSSR count). The lowest BCUT2D eigenvalue weighted by Gasteiger charge is -2.12.